The van der Waals surface area contributed by atoms with Crippen molar-refractivity contribution in [2.24, 2.45) is 18.0 Å². The Labute approximate surface area is 147 Å². The average Bonchev–Trinajstić information content (AvgIpc) is 3.22. The van der Waals surface area contributed by atoms with Gasteiger partial charge in [-0.25, -0.2) is 0 Å². The van der Waals surface area contributed by atoms with Gasteiger partial charge in [-0.3, -0.25) is 9.67 Å². The highest BCUT2D eigenvalue weighted by atomic mass is 15.3. The Hall–Kier alpha value is -1.52. The monoisotopic (exact) mass is 333 g/mol. The third kappa shape index (κ3) is 5.25. The van der Waals surface area contributed by atoms with Crippen molar-refractivity contribution in [1.82, 2.24) is 20.0 Å². The van der Waals surface area contributed by atoms with E-state index in [0.29, 0.717) is 5.92 Å². The van der Waals surface area contributed by atoms with Gasteiger partial charge in [0.25, 0.3) is 0 Å². The first kappa shape index (κ1) is 18.8. The smallest absolute Gasteiger partial charge is 0.193 e. The topological polar surface area (TPSA) is 45.5 Å². The van der Waals surface area contributed by atoms with Crippen molar-refractivity contribution in [3.05, 3.63) is 18.0 Å². The number of nitrogens with zero attached hydrogens (tertiary/aromatic N) is 4. The van der Waals surface area contributed by atoms with E-state index in [1.165, 1.54) is 37.7 Å². The zero-order valence-electron chi connectivity index (χ0n) is 16.0. The lowest BCUT2D eigenvalue weighted by molar-refractivity contribution is 0.447. The second kappa shape index (κ2) is 9.70. The van der Waals surface area contributed by atoms with Crippen molar-refractivity contribution in [1.29, 1.82) is 0 Å². The molecule has 0 radical (unpaired) electrons. The summed E-state index contributed by atoms with van der Waals surface area (Å²) in [5, 5.41) is 7.81. The molecule has 1 N–H and O–H groups in total. The van der Waals surface area contributed by atoms with E-state index in [-0.39, 0.29) is 0 Å². The van der Waals surface area contributed by atoms with Gasteiger partial charge in [0.15, 0.2) is 5.96 Å². The number of aliphatic imine (C=N–C) groups is 1. The molecule has 0 saturated carbocycles. The summed E-state index contributed by atoms with van der Waals surface area (Å²) in [5.41, 5.74) is 1.35. The summed E-state index contributed by atoms with van der Waals surface area (Å²) in [6.45, 7) is 10.7. The standard InChI is InChI=1S/C19H35N5/c1-5-8-9-16(6-2)12-21-19(20-7-3)24-11-10-17(15-24)18-13-22-23(4)14-18/h13-14,16-17H,5-12,15H2,1-4H3,(H,20,21). The summed E-state index contributed by atoms with van der Waals surface area (Å²) >= 11 is 0. The lowest BCUT2D eigenvalue weighted by atomic mass is 10.00. The van der Waals surface area contributed by atoms with E-state index in [9.17, 15) is 0 Å². The van der Waals surface area contributed by atoms with E-state index in [1.54, 1.807) is 0 Å². The molecule has 0 aromatic carbocycles. The van der Waals surface area contributed by atoms with Gasteiger partial charge < -0.3 is 10.2 Å². The van der Waals surface area contributed by atoms with Gasteiger partial charge in [-0.1, -0.05) is 33.1 Å². The Kier molecular flexibility index (Phi) is 7.60. The number of likely N-dealkylation sites (tertiary alicyclic amines) is 1. The summed E-state index contributed by atoms with van der Waals surface area (Å²) in [6, 6.07) is 0. The number of rotatable bonds is 8. The summed E-state index contributed by atoms with van der Waals surface area (Å²) in [5.74, 6) is 2.39. The van der Waals surface area contributed by atoms with Crippen LogP contribution >= 0.6 is 0 Å². The minimum Gasteiger partial charge on any atom is -0.357 e. The molecule has 0 bridgehead atoms. The summed E-state index contributed by atoms with van der Waals surface area (Å²) in [6.07, 6.45) is 10.5. The normalized spacial score (nSPS) is 19.8. The van der Waals surface area contributed by atoms with Crippen LogP contribution in [0, 0.1) is 5.92 Å². The first-order valence-electron chi connectivity index (χ1n) is 9.69. The summed E-state index contributed by atoms with van der Waals surface area (Å²) in [7, 11) is 1.99. The molecule has 5 heteroatoms. The van der Waals surface area contributed by atoms with Crippen LogP contribution in [0.5, 0.6) is 0 Å². The molecule has 1 aromatic heterocycles. The van der Waals surface area contributed by atoms with Crippen LogP contribution in [0.25, 0.3) is 0 Å². The van der Waals surface area contributed by atoms with Crippen LogP contribution in [0.15, 0.2) is 17.4 Å². The van der Waals surface area contributed by atoms with Crippen LogP contribution < -0.4 is 5.32 Å². The molecule has 2 heterocycles. The van der Waals surface area contributed by atoms with Crippen LogP contribution in [0.4, 0.5) is 0 Å². The van der Waals surface area contributed by atoms with E-state index in [1.807, 2.05) is 17.9 Å². The number of hydrogen-bond acceptors (Lipinski definition) is 2. The Morgan fingerprint density at radius 1 is 1.42 bits per heavy atom. The van der Waals surface area contributed by atoms with Gasteiger partial charge in [0.05, 0.1) is 6.20 Å². The molecule has 2 unspecified atom stereocenters. The number of aromatic nitrogens is 2. The van der Waals surface area contributed by atoms with Crippen LogP contribution in [-0.2, 0) is 7.05 Å². The molecule has 0 amide bonds. The second-order valence-corrected chi connectivity index (χ2v) is 6.99. The van der Waals surface area contributed by atoms with Crippen LogP contribution in [0.1, 0.15) is 64.4 Å². The number of aryl methyl sites for hydroxylation is 1. The molecule has 1 fully saturated rings. The quantitative estimate of drug-likeness (QED) is 0.586. The molecular formula is C19H35N5. The molecule has 2 rings (SSSR count). The van der Waals surface area contributed by atoms with Gasteiger partial charge in [-0.15, -0.1) is 0 Å². The highest BCUT2D eigenvalue weighted by Gasteiger charge is 2.27. The molecule has 5 nitrogen and oxygen atoms in total. The zero-order chi connectivity index (χ0) is 17.4. The van der Waals surface area contributed by atoms with Crippen molar-refractivity contribution in [3.63, 3.8) is 0 Å². The molecule has 0 spiro atoms. The van der Waals surface area contributed by atoms with E-state index in [2.05, 4.69) is 42.3 Å². The fourth-order valence-corrected chi connectivity index (χ4v) is 3.43. The van der Waals surface area contributed by atoms with Crippen molar-refractivity contribution < 1.29 is 0 Å². The van der Waals surface area contributed by atoms with Gasteiger partial charge in [0.2, 0.25) is 0 Å². The van der Waals surface area contributed by atoms with Crippen LogP contribution in [0.2, 0.25) is 0 Å². The predicted molar refractivity (Wildman–Crippen MR) is 101 cm³/mol. The van der Waals surface area contributed by atoms with Gasteiger partial charge in [-0.05, 0) is 31.2 Å². The Bertz CT molecular complexity index is 508. The van der Waals surface area contributed by atoms with Crippen LogP contribution in [-0.4, -0.2) is 46.8 Å². The molecule has 136 valence electrons. The lowest BCUT2D eigenvalue weighted by Gasteiger charge is -2.22. The number of unbranched alkanes of at least 4 members (excludes halogenated alkanes) is 1. The summed E-state index contributed by atoms with van der Waals surface area (Å²) < 4.78 is 1.90. The van der Waals surface area contributed by atoms with Crippen molar-refractivity contribution in [2.75, 3.05) is 26.2 Å². The molecule has 2 atom stereocenters. The van der Waals surface area contributed by atoms with Gasteiger partial charge in [0, 0.05) is 45.3 Å². The third-order valence-electron chi connectivity index (χ3n) is 5.06. The van der Waals surface area contributed by atoms with Gasteiger partial charge >= 0.3 is 0 Å². The van der Waals surface area contributed by atoms with Crippen LogP contribution in [0.3, 0.4) is 0 Å². The summed E-state index contributed by atoms with van der Waals surface area (Å²) in [4.78, 5) is 7.39. The molecular weight excluding hydrogens is 298 g/mol. The fourth-order valence-electron chi connectivity index (χ4n) is 3.43. The maximum absolute atomic E-state index is 4.96. The molecule has 24 heavy (non-hydrogen) atoms. The van der Waals surface area contributed by atoms with Crippen molar-refractivity contribution >= 4 is 5.96 Å². The SMILES string of the molecule is CCCCC(CC)CN=C(NCC)N1CCC(c2cnn(C)c2)C1. The zero-order valence-corrected chi connectivity index (χ0v) is 16.0. The predicted octanol–water partition coefficient (Wildman–Crippen LogP) is 3.39. The van der Waals surface area contributed by atoms with Gasteiger partial charge in [0.1, 0.15) is 0 Å². The first-order chi connectivity index (χ1) is 11.7. The average molecular weight is 334 g/mol. The van der Waals surface area contributed by atoms with E-state index >= 15 is 0 Å². The molecule has 1 aliphatic heterocycles. The van der Waals surface area contributed by atoms with E-state index in [0.717, 1.165) is 38.1 Å². The molecule has 1 aliphatic rings. The molecule has 0 aliphatic carbocycles. The largest absolute Gasteiger partial charge is 0.357 e. The van der Waals surface area contributed by atoms with Gasteiger partial charge in [-0.2, -0.15) is 5.10 Å². The van der Waals surface area contributed by atoms with Crippen molar-refractivity contribution in [2.45, 2.75) is 58.8 Å². The number of nitrogens with one attached hydrogen (secondary N) is 1. The molecule has 1 aromatic rings. The highest BCUT2D eigenvalue weighted by molar-refractivity contribution is 5.80. The highest BCUT2D eigenvalue weighted by Crippen LogP contribution is 2.26. The Balaban J connectivity index is 1.95. The van der Waals surface area contributed by atoms with E-state index in [4.69, 9.17) is 4.99 Å². The maximum Gasteiger partial charge on any atom is 0.193 e. The maximum atomic E-state index is 4.96. The number of guanidine groups is 1. The first-order valence-corrected chi connectivity index (χ1v) is 9.69. The van der Waals surface area contributed by atoms with Crippen molar-refractivity contribution in [3.8, 4) is 0 Å². The lowest BCUT2D eigenvalue weighted by Crippen LogP contribution is -2.40. The molecule has 1 saturated heterocycles. The minimum atomic E-state index is 0.574. The Morgan fingerprint density at radius 2 is 2.25 bits per heavy atom. The third-order valence-corrected chi connectivity index (χ3v) is 5.06. The second-order valence-electron chi connectivity index (χ2n) is 6.99. The van der Waals surface area contributed by atoms with E-state index < -0.39 is 0 Å². The minimum absolute atomic E-state index is 0.574. The fraction of sp³-hybridized carbons (Fsp3) is 0.789. The Morgan fingerprint density at radius 3 is 2.88 bits per heavy atom. The number of hydrogen-bond donors (Lipinski definition) is 1.